The van der Waals surface area contributed by atoms with E-state index in [4.69, 9.17) is 0 Å². The normalized spacial score (nSPS) is 41.4. The number of nitrogens with zero attached hydrogens (tertiary/aromatic N) is 2. The summed E-state index contributed by atoms with van der Waals surface area (Å²) in [6.07, 6.45) is 13.4. The van der Waals surface area contributed by atoms with E-state index < -0.39 is 0 Å². The predicted octanol–water partition coefficient (Wildman–Crippen LogP) is 5.18. The van der Waals surface area contributed by atoms with Crippen molar-refractivity contribution in [1.29, 1.82) is 0 Å². The summed E-state index contributed by atoms with van der Waals surface area (Å²) >= 11 is 0. The molecule has 1 heterocycles. The maximum atomic E-state index is 12.7. The van der Waals surface area contributed by atoms with Crippen molar-refractivity contribution in [3.05, 3.63) is 23.3 Å². The average molecular weight is 498 g/mol. The molecule has 5 aliphatic rings. The molecule has 1 aliphatic heterocycles. The minimum absolute atomic E-state index is 0.000459. The first-order valence-corrected chi connectivity index (χ1v) is 14.8. The van der Waals surface area contributed by atoms with Gasteiger partial charge in [0.2, 0.25) is 5.91 Å². The SMILES string of the molecule is C[C@H](CCC(=O)NN1CCN(C)CC1)[C@H]1C=C[C@H]2C3=C(CC[C@]12C)[C@@]1(C)CC[C@H](O)C(C)(C)[C@@H]1CC3. The fourth-order valence-electron chi connectivity index (χ4n) is 9.33. The third-order valence-electron chi connectivity index (χ3n) is 11.7. The molecule has 5 heteroatoms. The van der Waals surface area contributed by atoms with Gasteiger partial charge in [0, 0.05) is 38.5 Å². The molecule has 1 amide bonds. The smallest absolute Gasteiger partial charge is 0.234 e. The Morgan fingerprint density at radius 1 is 1.08 bits per heavy atom. The van der Waals surface area contributed by atoms with Gasteiger partial charge in [0.25, 0.3) is 0 Å². The summed E-state index contributed by atoms with van der Waals surface area (Å²) in [6.45, 7) is 15.9. The zero-order valence-corrected chi connectivity index (χ0v) is 23.8. The number of nitrogens with one attached hydrogen (secondary N) is 1. The summed E-state index contributed by atoms with van der Waals surface area (Å²) < 4.78 is 0. The minimum atomic E-state index is -0.170. The van der Waals surface area contributed by atoms with Crippen LogP contribution in [0.15, 0.2) is 23.3 Å². The molecule has 36 heavy (non-hydrogen) atoms. The molecular weight excluding hydrogens is 446 g/mol. The van der Waals surface area contributed by atoms with Crippen molar-refractivity contribution in [2.24, 2.45) is 39.9 Å². The van der Waals surface area contributed by atoms with Gasteiger partial charge >= 0.3 is 0 Å². The van der Waals surface area contributed by atoms with Gasteiger partial charge in [0.15, 0.2) is 0 Å². The van der Waals surface area contributed by atoms with Crippen LogP contribution in [0.5, 0.6) is 0 Å². The maximum absolute atomic E-state index is 12.7. The molecule has 7 atom stereocenters. The molecule has 0 bridgehead atoms. The van der Waals surface area contributed by atoms with Crippen LogP contribution in [-0.2, 0) is 4.79 Å². The minimum Gasteiger partial charge on any atom is -0.393 e. The van der Waals surface area contributed by atoms with Crippen molar-refractivity contribution >= 4 is 5.91 Å². The molecule has 1 saturated carbocycles. The average Bonchev–Trinajstić information content (AvgIpc) is 3.19. The number of hydrazine groups is 1. The van der Waals surface area contributed by atoms with E-state index in [-0.39, 0.29) is 28.3 Å². The second kappa shape index (κ2) is 9.54. The van der Waals surface area contributed by atoms with E-state index in [1.165, 1.54) is 25.7 Å². The van der Waals surface area contributed by atoms with Crippen molar-refractivity contribution in [2.45, 2.75) is 92.1 Å². The second-order valence-electron chi connectivity index (χ2n) is 14.1. The molecule has 5 rings (SSSR count). The Balaban J connectivity index is 1.25. The molecule has 4 aliphatic carbocycles. The highest BCUT2D eigenvalue weighted by atomic mass is 16.3. The first-order chi connectivity index (χ1) is 17.0. The second-order valence-corrected chi connectivity index (χ2v) is 14.1. The van der Waals surface area contributed by atoms with Gasteiger partial charge in [-0.3, -0.25) is 10.2 Å². The molecule has 0 aromatic heterocycles. The lowest BCUT2D eigenvalue weighted by Gasteiger charge is -2.60. The summed E-state index contributed by atoms with van der Waals surface area (Å²) in [7, 11) is 2.14. The van der Waals surface area contributed by atoms with Crippen molar-refractivity contribution in [3.63, 3.8) is 0 Å². The van der Waals surface area contributed by atoms with Crippen LogP contribution in [0.3, 0.4) is 0 Å². The standard InChI is InChI=1S/C31H51N3O2/c1-21(7-12-28(36)32-34-19-17-33(6)18-20-34)23-9-10-24-22-8-11-26-29(2,3)27(35)14-16-31(26,5)25(22)13-15-30(23,24)4/h9-10,21,23-24,26-27,35H,7-8,11-20H2,1-6H3,(H,32,36)/t21-,23-,24+,26+,27+,30-,31-/m1/s1. The quantitative estimate of drug-likeness (QED) is 0.514. The Labute approximate surface area is 219 Å². The number of likely N-dealkylation sites (N-methyl/N-ethyl adjacent to an activating group) is 1. The number of aliphatic hydroxyl groups excluding tert-OH is 1. The fourth-order valence-corrected chi connectivity index (χ4v) is 9.33. The zero-order chi connectivity index (χ0) is 25.9. The topological polar surface area (TPSA) is 55.8 Å². The van der Waals surface area contributed by atoms with Crippen molar-refractivity contribution < 1.29 is 9.90 Å². The van der Waals surface area contributed by atoms with Crippen LogP contribution >= 0.6 is 0 Å². The number of hydrogen-bond acceptors (Lipinski definition) is 4. The summed E-state index contributed by atoms with van der Waals surface area (Å²) in [4.78, 5) is 15.0. The van der Waals surface area contributed by atoms with Gasteiger partial charge in [-0.15, -0.1) is 0 Å². The lowest BCUT2D eigenvalue weighted by atomic mass is 9.45. The number of amides is 1. The fraction of sp³-hybridized carbons (Fsp3) is 0.839. The third kappa shape index (κ3) is 4.31. The molecule has 0 aromatic carbocycles. The summed E-state index contributed by atoms with van der Waals surface area (Å²) in [6, 6.07) is 0. The van der Waals surface area contributed by atoms with Gasteiger partial charge < -0.3 is 10.0 Å². The lowest BCUT2D eigenvalue weighted by molar-refractivity contribution is -0.127. The van der Waals surface area contributed by atoms with E-state index in [9.17, 15) is 9.90 Å². The Hall–Kier alpha value is -1.17. The molecule has 202 valence electrons. The Bertz CT molecular complexity index is 917. The van der Waals surface area contributed by atoms with E-state index in [0.717, 1.165) is 45.4 Å². The van der Waals surface area contributed by atoms with Crippen LogP contribution < -0.4 is 5.43 Å². The number of hydrogen-bond donors (Lipinski definition) is 2. The molecule has 0 aromatic rings. The van der Waals surface area contributed by atoms with Crippen LogP contribution in [0.4, 0.5) is 0 Å². The summed E-state index contributed by atoms with van der Waals surface area (Å²) in [5.74, 6) is 2.36. The van der Waals surface area contributed by atoms with Gasteiger partial charge in [-0.1, -0.05) is 57.9 Å². The first-order valence-electron chi connectivity index (χ1n) is 14.8. The van der Waals surface area contributed by atoms with Crippen LogP contribution in [0.25, 0.3) is 0 Å². The maximum Gasteiger partial charge on any atom is 0.234 e. The Morgan fingerprint density at radius 2 is 1.81 bits per heavy atom. The van der Waals surface area contributed by atoms with Gasteiger partial charge in [-0.25, -0.2) is 5.01 Å². The van der Waals surface area contributed by atoms with Gasteiger partial charge in [0.1, 0.15) is 0 Å². The molecule has 0 radical (unpaired) electrons. The highest BCUT2D eigenvalue weighted by molar-refractivity contribution is 5.75. The van der Waals surface area contributed by atoms with Gasteiger partial charge in [-0.2, -0.15) is 0 Å². The number of aliphatic hydroxyl groups is 1. The van der Waals surface area contributed by atoms with E-state index in [1.54, 1.807) is 11.1 Å². The molecule has 0 spiro atoms. The van der Waals surface area contributed by atoms with Crippen LogP contribution in [-0.4, -0.2) is 60.3 Å². The van der Waals surface area contributed by atoms with E-state index in [0.29, 0.717) is 30.1 Å². The molecule has 2 N–H and O–H groups in total. The number of fused-ring (bicyclic) bond motifs is 4. The number of allylic oxidation sites excluding steroid dienone is 4. The zero-order valence-electron chi connectivity index (χ0n) is 23.8. The predicted molar refractivity (Wildman–Crippen MR) is 146 cm³/mol. The summed E-state index contributed by atoms with van der Waals surface area (Å²) in [5, 5.41) is 12.9. The number of carbonyl (C=O) groups is 1. The van der Waals surface area contributed by atoms with E-state index >= 15 is 0 Å². The highest BCUT2D eigenvalue weighted by Crippen LogP contribution is 2.66. The highest BCUT2D eigenvalue weighted by Gasteiger charge is 2.58. The molecule has 5 nitrogen and oxygen atoms in total. The van der Waals surface area contributed by atoms with Crippen LogP contribution in [0.1, 0.15) is 86.0 Å². The molecular formula is C31H51N3O2. The van der Waals surface area contributed by atoms with Gasteiger partial charge in [0.05, 0.1) is 6.10 Å². The third-order valence-corrected chi connectivity index (χ3v) is 11.7. The number of carbonyl (C=O) groups excluding carboxylic acids is 1. The largest absolute Gasteiger partial charge is 0.393 e. The monoisotopic (exact) mass is 497 g/mol. The number of rotatable bonds is 5. The van der Waals surface area contributed by atoms with E-state index in [1.807, 2.05) is 0 Å². The lowest BCUT2D eigenvalue weighted by Crippen LogP contribution is -2.53. The molecule has 1 saturated heterocycles. The van der Waals surface area contributed by atoms with Crippen molar-refractivity contribution in [1.82, 2.24) is 15.3 Å². The Morgan fingerprint density at radius 3 is 2.53 bits per heavy atom. The summed E-state index contributed by atoms with van der Waals surface area (Å²) in [5.41, 5.74) is 7.18. The van der Waals surface area contributed by atoms with Crippen LogP contribution in [0.2, 0.25) is 0 Å². The Kier molecular flexibility index (Phi) is 7.00. The van der Waals surface area contributed by atoms with Crippen molar-refractivity contribution in [2.75, 3.05) is 33.2 Å². The first kappa shape index (κ1) is 26.4. The molecule has 0 unspecified atom stereocenters. The van der Waals surface area contributed by atoms with E-state index in [2.05, 4.69) is 69.2 Å². The molecule has 2 fully saturated rings. The van der Waals surface area contributed by atoms with Crippen LogP contribution in [0, 0.1) is 39.9 Å². The van der Waals surface area contributed by atoms with Crippen molar-refractivity contribution in [3.8, 4) is 0 Å². The number of piperazine rings is 1. The van der Waals surface area contributed by atoms with Gasteiger partial charge in [-0.05, 0) is 86.0 Å².